The van der Waals surface area contributed by atoms with E-state index in [4.69, 9.17) is 35.4 Å². The number of rotatable bonds is 3. The Kier molecular flexibility index (Phi) is 6.87. The molecule has 166 valence electrons. The van der Waals surface area contributed by atoms with E-state index in [1.165, 1.54) is 23.5 Å². The first-order chi connectivity index (χ1) is 15.2. The molecule has 32 heavy (non-hydrogen) atoms. The van der Waals surface area contributed by atoms with E-state index in [0.717, 1.165) is 4.47 Å². The third kappa shape index (κ3) is 4.69. The van der Waals surface area contributed by atoms with Crippen molar-refractivity contribution < 1.29 is 9.72 Å². The van der Waals surface area contributed by atoms with Crippen molar-refractivity contribution in [3.05, 3.63) is 65.9 Å². The number of thiocarbonyl (C=S) groups is 1. The van der Waals surface area contributed by atoms with E-state index in [-0.39, 0.29) is 11.6 Å². The van der Waals surface area contributed by atoms with Gasteiger partial charge in [0.25, 0.3) is 11.6 Å². The second kappa shape index (κ2) is 9.48. The number of hydrogen-bond donors (Lipinski definition) is 1. The van der Waals surface area contributed by atoms with Crippen LogP contribution in [0.4, 0.5) is 11.4 Å². The first-order valence-corrected chi connectivity index (χ1v) is 12.2. The van der Waals surface area contributed by atoms with E-state index in [1.807, 2.05) is 17.0 Å². The lowest BCUT2D eigenvalue weighted by Crippen LogP contribution is -2.51. The molecule has 1 aliphatic heterocycles. The summed E-state index contributed by atoms with van der Waals surface area (Å²) in [5, 5.41) is 16.2. The molecule has 1 N–H and O–H groups in total. The number of non-ortho nitro benzene ring substituents is 1. The quantitative estimate of drug-likeness (QED) is 0.234. The summed E-state index contributed by atoms with van der Waals surface area (Å²) in [6.07, 6.45) is 0. The number of thiophene rings is 1. The molecule has 0 saturated carbocycles. The van der Waals surface area contributed by atoms with E-state index >= 15 is 0 Å². The second-order valence-corrected chi connectivity index (χ2v) is 10.2. The lowest BCUT2D eigenvalue weighted by atomic mass is 10.2. The van der Waals surface area contributed by atoms with E-state index in [1.54, 1.807) is 17.0 Å². The smallest absolute Gasteiger partial charge is 0.270 e. The van der Waals surface area contributed by atoms with Gasteiger partial charge in [0.2, 0.25) is 0 Å². The summed E-state index contributed by atoms with van der Waals surface area (Å²) in [5.74, 6) is -0.187. The lowest BCUT2D eigenvalue weighted by Gasteiger charge is -2.36. The Morgan fingerprint density at radius 2 is 1.81 bits per heavy atom. The maximum absolute atomic E-state index is 13.1. The van der Waals surface area contributed by atoms with Gasteiger partial charge in [0, 0.05) is 52.9 Å². The fourth-order valence-electron chi connectivity index (χ4n) is 3.35. The number of hydrogen-bond acceptors (Lipinski definition) is 5. The highest BCUT2D eigenvalue weighted by atomic mass is 79.9. The monoisotopic (exact) mass is 572 g/mol. The predicted molar refractivity (Wildman–Crippen MR) is 136 cm³/mol. The summed E-state index contributed by atoms with van der Waals surface area (Å²) < 4.78 is 1.49. The van der Waals surface area contributed by atoms with Crippen LogP contribution in [0.2, 0.25) is 10.0 Å². The van der Waals surface area contributed by atoms with Gasteiger partial charge in [-0.3, -0.25) is 14.9 Å². The predicted octanol–water partition coefficient (Wildman–Crippen LogP) is 6.03. The van der Waals surface area contributed by atoms with E-state index in [2.05, 4.69) is 21.2 Å². The first-order valence-electron chi connectivity index (χ1n) is 9.41. The van der Waals surface area contributed by atoms with Gasteiger partial charge in [-0.05, 0) is 36.5 Å². The Balaban J connectivity index is 1.42. The minimum atomic E-state index is -0.466. The minimum absolute atomic E-state index is 0.0325. The highest BCUT2D eigenvalue weighted by Gasteiger charge is 2.27. The topological polar surface area (TPSA) is 78.7 Å². The van der Waals surface area contributed by atoms with Crippen molar-refractivity contribution in [2.45, 2.75) is 0 Å². The SMILES string of the molecule is O=C(c1sc2cc([N+](=O)[O-])ccc2c1Cl)N1CCN(C(=S)Nc2ccc(Br)cc2Cl)CC1. The van der Waals surface area contributed by atoms with Gasteiger partial charge in [-0.25, -0.2) is 0 Å². The van der Waals surface area contributed by atoms with E-state index in [9.17, 15) is 14.9 Å². The molecule has 12 heteroatoms. The van der Waals surface area contributed by atoms with Gasteiger partial charge in [0.15, 0.2) is 5.11 Å². The Morgan fingerprint density at radius 1 is 1.12 bits per heavy atom. The summed E-state index contributed by atoms with van der Waals surface area (Å²) in [6, 6.07) is 9.91. The van der Waals surface area contributed by atoms with Crippen LogP contribution in [-0.2, 0) is 0 Å². The highest BCUT2D eigenvalue weighted by molar-refractivity contribution is 9.10. The number of nitro groups is 1. The zero-order valence-corrected chi connectivity index (χ0v) is 21.0. The van der Waals surface area contributed by atoms with Crippen LogP contribution in [0.15, 0.2) is 40.9 Å². The molecule has 0 spiro atoms. The summed E-state index contributed by atoms with van der Waals surface area (Å²) in [5.41, 5.74) is 0.680. The Bertz CT molecular complexity index is 1250. The molecular weight excluding hydrogens is 559 g/mol. The fourth-order valence-corrected chi connectivity index (χ4v) is 5.87. The van der Waals surface area contributed by atoms with Crippen molar-refractivity contribution >= 4 is 95.2 Å². The van der Waals surface area contributed by atoms with Crippen molar-refractivity contribution in [2.75, 3.05) is 31.5 Å². The summed E-state index contributed by atoms with van der Waals surface area (Å²) in [4.78, 5) is 27.7. The van der Waals surface area contributed by atoms with Crippen LogP contribution < -0.4 is 5.32 Å². The van der Waals surface area contributed by atoms with Crippen molar-refractivity contribution in [2.24, 2.45) is 0 Å². The van der Waals surface area contributed by atoms with Crippen LogP contribution in [0.1, 0.15) is 9.67 Å². The van der Waals surface area contributed by atoms with E-state index in [0.29, 0.717) is 62.0 Å². The molecule has 1 amide bonds. The minimum Gasteiger partial charge on any atom is -0.345 e. The molecule has 2 aromatic carbocycles. The van der Waals surface area contributed by atoms with Crippen LogP contribution in [0.25, 0.3) is 10.1 Å². The Hall–Kier alpha value is -1.98. The van der Waals surface area contributed by atoms with Crippen molar-refractivity contribution in [1.29, 1.82) is 0 Å². The molecule has 4 rings (SSSR count). The zero-order valence-electron chi connectivity index (χ0n) is 16.3. The fraction of sp³-hybridized carbons (Fsp3) is 0.200. The number of nitro benzene ring substituents is 1. The van der Waals surface area contributed by atoms with Gasteiger partial charge in [-0.15, -0.1) is 11.3 Å². The summed E-state index contributed by atoms with van der Waals surface area (Å²) in [7, 11) is 0. The Morgan fingerprint density at radius 3 is 2.47 bits per heavy atom. The standard InChI is InChI=1S/C20H15BrCl2N4O3S2/c21-11-1-4-15(14(22)9-11)24-20(31)26-7-5-25(6-8-26)19(28)18-17(23)13-3-2-12(27(29)30)10-16(13)32-18/h1-4,9-10H,5-8H2,(H,24,31). The number of fused-ring (bicyclic) bond motifs is 1. The molecule has 0 atom stereocenters. The van der Waals surface area contributed by atoms with Gasteiger partial charge in [-0.1, -0.05) is 39.1 Å². The molecule has 1 aliphatic rings. The number of nitrogens with zero attached hydrogens (tertiary/aromatic N) is 3. The molecule has 0 aliphatic carbocycles. The molecule has 0 unspecified atom stereocenters. The van der Waals surface area contributed by atoms with Gasteiger partial charge < -0.3 is 15.1 Å². The Labute approximate surface area is 211 Å². The van der Waals surface area contributed by atoms with Gasteiger partial charge >= 0.3 is 0 Å². The van der Waals surface area contributed by atoms with Crippen LogP contribution in [-0.4, -0.2) is 51.9 Å². The number of carbonyl (C=O) groups is 1. The largest absolute Gasteiger partial charge is 0.345 e. The third-order valence-corrected chi connectivity index (χ3v) is 7.86. The lowest BCUT2D eigenvalue weighted by molar-refractivity contribution is -0.384. The summed E-state index contributed by atoms with van der Waals surface area (Å²) >= 11 is 22.7. The number of piperazine rings is 1. The van der Waals surface area contributed by atoms with Crippen LogP contribution in [0.3, 0.4) is 0 Å². The van der Waals surface area contributed by atoms with E-state index < -0.39 is 4.92 Å². The van der Waals surface area contributed by atoms with Gasteiger partial charge in [0.1, 0.15) is 4.88 Å². The molecule has 2 heterocycles. The molecule has 0 bridgehead atoms. The number of nitrogens with one attached hydrogen (secondary N) is 1. The van der Waals surface area contributed by atoms with Crippen molar-refractivity contribution in [3.8, 4) is 0 Å². The zero-order chi connectivity index (χ0) is 23.0. The average Bonchev–Trinajstić information content (AvgIpc) is 3.11. The van der Waals surface area contributed by atoms with Crippen molar-refractivity contribution in [3.63, 3.8) is 0 Å². The molecule has 1 aromatic heterocycles. The maximum atomic E-state index is 13.1. The van der Waals surface area contributed by atoms with Crippen molar-refractivity contribution in [1.82, 2.24) is 9.80 Å². The second-order valence-electron chi connectivity index (χ2n) is 7.02. The maximum Gasteiger partial charge on any atom is 0.270 e. The average molecular weight is 574 g/mol. The number of benzene rings is 2. The molecule has 0 radical (unpaired) electrons. The molecule has 7 nitrogen and oxygen atoms in total. The number of halogens is 3. The van der Waals surface area contributed by atoms with Crippen LogP contribution >= 0.6 is 62.7 Å². The van der Waals surface area contributed by atoms with Gasteiger partial charge in [-0.2, -0.15) is 0 Å². The van der Waals surface area contributed by atoms with Crippen LogP contribution in [0, 0.1) is 10.1 Å². The molecule has 1 saturated heterocycles. The number of anilines is 1. The number of amides is 1. The first kappa shape index (κ1) is 23.2. The molecule has 3 aromatic rings. The van der Waals surface area contributed by atoms with Crippen LogP contribution in [0.5, 0.6) is 0 Å². The third-order valence-electron chi connectivity index (χ3n) is 5.04. The highest BCUT2D eigenvalue weighted by Crippen LogP contribution is 2.38. The number of carbonyl (C=O) groups excluding carboxylic acids is 1. The molecular formula is C20H15BrCl2N4O3S2. The normalized spacial score (nSPS) is 14.0. The van der Waals surface area contributed by atoms with Gasteiger partial charge in [0.05, 0.1) is 20.7 Å². The molecule has 1 fully saturated rings. The summed E-state index contributed by atoms with van der Waals surface area (Å²) in [6.45, 7) is 2.05.